The Hall–Kier alpha value is -3.30. The lowest BCUT2D eigenvalue weighted by Gasteiger charge is -2.35. The molecule has 1 atom stereocenters. The van der Waals surface area contributed by atoms with Crippen molar-refractivity contribution in [1.82, 2.24) is 5.32 Å². The minimum absolute atomic E-state index is 0.00135. The molecule has 10 heteroatoms. The van der Waals surface area contributed by atoms with Gasteiger partial charge in [0.05, 0.1) is 19.4 Å². The number of halogens is 4. The number of rotatable bonds is 7. The van der Waals surface area contributed by atoms with E-state index in [4.69, 9.17) is 4.74 Å². The van der Waals surface area contributed by atoms with Crippen LogP contribution in [0.25, 0.3) is 0 Å². The normalized spacial score (nSPS) is 13.2. The Bertz CT molecular complexity index is 871. The number of carbonyl (C=O) groups is 2. The van der Waals surface area contributed by atoms with E-state index in [9.17, 15) is 27.2 Å². The van der Waals surface area contributed by atoms with Crippen LogP contribution >= 0.6 is 0 Å². The molecule has 0 spiro atoms. The van der Waals surface area contributed by atoms with Crippen LogP contribution < -0.4 is 15.4 Å². The highest BCUT2D eigenvalue weighted by Gasteiger charge is 2.64. The largest absolute Gasteiger partial charge is 0.495 e. The second-order valence-electron chi connectivity index (χ2n) is 5.75. The van der Waals surface area contributed by atoms with Crippen molar-refractivity contribution in [2.24, 2.45) is 0 Å². The van der Waals surface area contributed by atoms with Crippen LogP contribution in [0.4, 0.5) is 23.2 Å². The molecule has 0 unspecified atom stereocenters. The van der Waals surface area contributed by atoms with Gasteiger partial charge in [0.1, 0.15) is 11.6 Å². The maximum atomic E-state index is 14.1. The first-order valence-electron chi connectivity index (χ1n) is 8.38. The van der Waals surface area contributed by atoms with Gasteiger partial charge in [-0.1, -0.05) is 12.1 Å². The number of hydrogen-bond acceptors (Lipinski definition) is 5. The van der Waals surface area contributed by atoms with Gasteiger partial charge in [-0.3, -0.25) is 4.79 Å². The average Bonchev–Trinajstić information content (AvgIpc) is 2.67. The van der Waals surface area contributed by atoms with Crippen molar-refractivity contribution in [3.8, 4) is 5.75 Å². The van der Waals surface area contributed by atoms with Gasteiger partial charge in [-0.15, -0.1) is 0 Å². The molecule has 0 radical (unpaired) electrons. The number of para-hydroxylation sites is 2. The van der Waals surface area contributed by atoms with Crippen LogP contribution in [0.3, 0.4) is 0 Å². The van der Waals surface area contributed by atoms with Crippen LogP contribution in [0.2, 0.25) is 0 Å². The van der Waals surface area contributed by atoms with Crippen LogP contribution in [0.1, 0.15) is 17.3 Å². The van der Waals surface area contributed by atoms with E-state index in [2.05, 4.69) is 4.74 Å². The lowest BCUT2D eigenvalue weighted by molar-refractivity contribution is -0.204. The van der Waals surface area contributed by atoms with Gasteiger partial charge >= 0.3 is 17.8 Å². The third-order valence-electron chi connectivity index (χ3n) is 3.84. The van der Waals surface area contributed by atoms with E-state index in [1.54, 1.807) is 5.32 Å². The van der Waals surface area contributed by atoms with Crippen LogP contribution in [-0.4, -0.2) is 37.4 Å². The monoisotopic (exact) mass is 414 g/mol. The highest BCUT2D eigenvalue weighted by atomic mass is 19.4. The van der Waals surface area contributed by atoms with Crippen LogP contribution in [0.15, 0.2) is 48.5 Å². The van der Waals surface area contributed by atoms with E-state index in [0.717, 1.165) is 24.3 Å². The zero-order chi connectivity index (χ0) is 21.7. The minimum Gasteiger partial charge on any atom is -0.495 e. The number of alkyl halides is 3. The number of hydrogen-bond donors (Lipinski definition) is 2. The zero-order valence-corrected chi connectivity index (χ0v) is 15.5. The van der Waals surface area contributed by atoms with E-state index in [1.807, 2.05) is 5.32 Å². The topological polar surface area (TPSA) is 76.7 Å². The van der Waals surface area contributed by atoms with E-state index in [1.165, 1.54) is 38.3 Å². The van der Waals surface area contributed by atoms with E-state index >= 15 is 0 Å². The van der Waals surface area contributed by atoms with Gasteiger partial charge < -0.3 is 20.1 Å². The van der Waals surface area contributed by atoms with Gasteiger partial charge in [-0.05, 0) is 43.3 Å². The molecular weight excluding hydrogens is 396 g/mol. The van der Waals surface area contributed by atoms with Crippen molar-refractivity contribution in [2.45, 2.75) is 18.8 Å². The Kier molecular flexibility index (Phi) is 6.68. The van der Waals surface area contributed by atoms with Crippen molar-refractivity contribution in [1.29, 1.82) is 0 Å². The molecule has 6 nitrogen and oxygen atoms in total. The Labute approximate surface area is 163 Å². The Balaban J connectivity index is 2.54. The molecule has 0 saturated heterocycles. The van der Waals surface area contributed by atoms with Gasteiger partial charge in [0.2, 0.25) is 0 Å². The first kappa shape index (κ1) is 22.0. The predicted molar refractivity (Wildman–Crippen MR) is 95.9 cm³/mol. The maximum absolute atomic E-state index is 14.1. The van der Waals surface area contributed by atoms with Gasteiger partial charge in [0.15, 0.2) is 0 Å². The quantitative estimate of drug-likeness (QED) is 0.412. The third-order valence-corrected chi connectivity index (χ3v) is 3.84. The van der Waals surface area contributed by atoms with Crippen LogP contribution in [0.5, 0.6) is 5.75 Å². The van der Waals surface area contributed by atoms with Crippen molar-refractivity contribution < 1.29 is 36.6 Å². The molecule has 0 bridgehead atoms. The predicted octanol–water partition coefficient (Wildman–Crippen LogP) is 3.50. The second-order valence-corrected chi connectivity index (χ2v) is 5.75. The first-order chi connectivity index (χ1) is 13.6. The summed E-state index contributed by atoms with van der Waals surface area (Å²) in [5.74, 6) is -3.71. The highest BCUT2D eigenvalue weighted by Crippen LogP contribution is 2.36. The van der Waals surface area contributed by atoms with Gasteiger partial charge in [0.25, 0.3) is 5.91 Å². The van der Waals surface area contributed by atoms with Crippen molar-refractivity contribution >= 4 is 17.6 Å². The van der Waals surface area contributed by atoms with Gasteiger partial charge in [-0.25, -0.2) is 9.18 Å². The summed E-state index contributed by atoms with van der Waals surface area (Å²) in [5, 5.41) is 3.68. The molecule has 0 aliphatic carbocycles. The number of benzene rings is 2. The van der Waals surface area contributed by atoms with E-state index < -0.39 is 29.5 Å². The molecule has 2 rings (SSSR count). The zero-order valence-electron chi connectivity index (χ0n) is 15.5. The summed E-state index contributed by atoms with van der Waals surface area (Å²) in [5.41, 5.74) is -4.12. The first-order valence-corrected chi connectivity index (χ1v) is 8.38. The standard InChI is InChI=1S/C19H18F4N2O4/c1-3-29-17(27)18(19(21,22)23,24-14-6-4-5-7-15(14)28-2)25-16(26)12-8-10-13(20)11-9-12/h4-11,24H,3H2,1-2H3,(H,25,26)/t18-/m0/s1. The molecular formula is C19H18F4N2O4. The molecule has 1 amide bonds. The third kappa shape index (κ3) is 4.76. The van der Waals surface area contributed by atoms with Crippen LogP contribution in [0, 0.1) is 5.82 Å². The summed E-state index contributed by atoms with van der Waals surface area (Å²) < 4.78 is 65.1. The molecule has 2 N–H and O–H groups in total. The summed E-state index contributed by atoms with van der Waals surface area (Å²) in [4.78, 5) is 24.9. The number of amides is 1. The fraction of sp³-hybridized carbons (Fsp3) is 0.263. The molecule has 0 aromatic heterocycles. The number of anilines is 1. The Morgan fingerprint density at radius 3 is 2.21 bits per heavy atom. The number of ether oxygens (including phenoxy) is 2. The number of methoxy groups -OCH3 is 1. The lowest BCUT2D eigenvalue weighted by atomic mass is 10.1. The maximum Gasteiger partial charge on any atom is 0.441 e. The van der Waals surface area contributed by atoms with E-state index in [-0.39, 0.29) is 23.6 Å². The molecule has 156 valence electrons. The van der Waals surface area contributed by atoms with Gasteiger partial charge in [-0.2, -0.15) is 13.2 Å². The molecule has 0 aliphatic rings. The van der Waals surface area contributed by atoms with Crippen molar-refractivity contribution in [3.05, 3.63) is 59.9 Å². The second kappa shape index (κ2) is 8.80. The number of nitrogens with one attached hydrogen (secondary N) is 2. The van der Waals surface area contributed by atoms with Crippen molar-refractivity contribution in [2.75, 3.05) is 19.0 Å². The van der Waals surface area contributed by atoms with E-state index in [0.29, 0.717) is 0 Å². The smallest absolute Gasteiger partial charge is 0.441 e. The highest BCUT2D eigenvalue weighted by molar-refractivity contribution is 5.99. The number of carbonyl (C=O) groups excluding carboxylic acids is 2. The summed E-state index contributed by atoms with van der Waals surface area (Å²) in [7, 11) is 1.23. The molecule has 2 aromatic rings. The van der Waals surface area contributed by atoms with Gasteiger partial charge in [0, 0.05) is 5.56 Å². The van der Waals surface area contributed by atoms with Crippen LogP contribution in [-0.2, 0) is 9.53 Å². The van der Waals surface area contributed by atoms with Crippen molar-refractivity contribution in [3.63, 3.8) is 0 Å². The fourth-order valence-electron chi connectivity index (χ4n) is 2.42. The Morgan fingerprint density at radius 2 is 1.66 bits per heavy atom. The molecule has 0 heterocycles. The summed E-state index contributed by atoms with van der Waals surface area (Å²) in [6.07, 6.45) is -5.31. The molecule has 0 saturated carbocycles. The number of esters is 1. The molecule has 29 heavy (non-hydrogen) atoms. The average molecular weight is 414 g/mol. The minimum atomic E-state index is -5.31. The lowest BCUT2D eigenvalue weighted by Crippen LogP contribution is -2.69. The molecule has 2 aromatic carbocycles. The summed E-state index contributed by atoms with van der Waals surface area (Å²) >= 11 is 0. The fourth-order valence-corrected chi connectivity index (χ4v) is 2.42. The molecule has 0 aliphatic heterocycles. The summed E-state index contributed by atoms with van der Waals surface area (Å²) in [6, 6.07) is 9.32. The summed E-state index contributed by atoms with van der Waals surface area (Å²) in [6.45, 7) is 0.959. The molecule has 0 fully saturated rings. The SMILES string of the molecule is CCOC(=O)[C@@](NC(=O)c1ccc(F)cc1)(Nc1ccccc1OC)C(F)(F)F. The Morgan fingerprint density at radius 1 is 1.03 bits per heavy atom.